The Kier molecular flexibility index (Phi) is 8.14. The van der Waals surface area contributed by atoms with E-state index >= 15 is 0 Å². The van der Waals surface area contributed by atoms with Gasteiger partial charge in [0.2, 0.25) is 0 Å². The molecule has 2 rings (SSSR count). The monoisotopic (exact) mass is 389 g/mol. The fraction of sp³-hybridized carbons (Fsp3) is 0.333. The third-order valence-corrected chi connectivity index (χ3v) is 4.38. The number of hydrogen-bond acceptors (Lipinski definition) is 4. The summed E-state index contributed by atoms with van der Waals surface area (Å²) >= 11 is 6.01. The predicted molar refractivity (Wildman–Crippen MR) is 105 cm³/mol. The molecule has 1 amide bonds. The minimum absolute atomic E-state index is 0.114. The number of ether oxygens (including phenoxy) is 2. The minimum Gasteiger partial charge on any atom is -0.484 e. The van der Waals surface area contributed by atoms with E-state index in [4.69, 9.17) is 21.1 Å². The van der Waals surface area contributed by atoms with E-state index in [1.165, 1.54) is 0 Å². The number of nitrogens with zero attached hydrogens (tertiary/aromatic N) is 1. The van der Waals surface area contributed by atoms with Crippen LogP contribution in [-0.2, 0) is 20.9 Å². The highest BCUT2D eigenvalue weighted by Crippen LogP contribution is 2.21. The smallest absolute Gasteiger partial charge is 0.307 e. The average Bonchev–Trinajstić information content (AvgIpc) is 2.67. The molecule has 0 fully saturated rings. The molecule has 2 aromatic carbocycles. The van der Waals surface area contributed by atoms with Crippen LogP contribution in [0.25, 0.3) is 0 Å². The molecule has 0 bridgehead atoms. The number of amides is 1. The molecule has 2 aromatic rings. The zero-order chi connectivity index (χ0) is 19.6. The first-order chi connectivity index (χ1) is 13.0. The average molecular weight is 390 g/mol. The van der Waals surface area contributed by atoms with Gasteiger partial charge in [-0.05, 0) is 43.2 Å². The summed E-state index contributed by atoms with van der Waals surface area (Å²) in [4.78, 5) is 25.9. The van der Waals surface area contributed by atoms with Gasteiger partial charge in [0, 0.05) is 18.1 Å². The lowest BCUT2D eigenvalue weighted by Crippen LogP contribution is -2.36. The molecule has 0 radical (unpaired) electrons. The number of esters is 1. The van der Waals surface area contributed by atoms with Gasteiger partial charge >= 0.3 is 5.97 Å². The van der Waals surface area contributed by atoms with Crippen LogP contribution in [0.4, 0.5) is 0 Å². The quantitative estimate of drug-likeness (QED) is 0.608. The van der Waals surface area contributed by atoms with Crippen LogP contribution in [0.3, 0.4) is 0 Å². The number of carbonyl (C=O) groups is 2. The van der Waals surface area contributed by atoms with E-state index in [1.807, 2.05) is 37.3 Å². The number of halogens is 1. The molecule has 0 unspecified atom stereocenters. The first-order valence-electron chi connectivity index (χ1n) is 8.86. The normalized spacial score (nSPS) is 10.3. The topological polar surface area (TPSA) is 55.8 Å². The Labute approximate surface area is 164 Å². The van der Waals surface area contributed by atoms with Gasteiger partial charge in [0.15, 0.2) is 6.61 Å². The third-order valence-electron chi connectivity index (χ3n) is 3.95. The van der Waals surface area contributed by atoms with Gasteiger partial charge in [0.05, 0.1) is 13.0 Å². The summed E-state index contributed by atoms with van der Waals surface area (Å²) in [6.45, 7) is 4.52. The predicted octanol–water partition coefficient (Wildman–Crippen LogP) is 4.01. The second-order valence-corrected chi connectivity index (χ2v) is 6.46. The van der Waals surface area contributed by atoms with E-state index in [9.17, 15) is 9.59 Å². The van der Waals surface area contributed by atoms with Crippen LogP contribution in [0.2, 0.25) is 5.02 Å². The van der Waals surface area contributed by atoms with Gasteiger partial charge in [-0.25, -0.2) is 0 Å². The van der Waals surface area contributed by atoms with Gasteiger partial charge in [0.1, 0.15) is 5.75 Å². The van der Waals surface area contributed by atoms with E-state index in [2.05, 4.69) is 0 Å². The molecule has 6 heteroatoms. The van der Waals surface area contributed by atoms with Crippen LogP contribution in [-0.4, -0.2) is 36.5 Å². The van der Waals surface area contributed by atoms with Crippen LogP contribution >= 0.6 is 11.6 Å². The molecule has 0 aliphatic carbocycles. The summed E-state index contributed by atoms with van der Waals surface area (Å²) in [6.07, 6.45) is 0.145. The Morgan fingerprint density at radius 1 is 1.11 bits per heavy atom. The molecule has 0 aliphatic heterocycles. The maximum atomic E-state index is 12.7. The summed E-state index contributed by atoms with van der Waals surface area (Å²) in [5, 5.41) is 0.647. The Hall–Kier alpha value is -2.53. The van der Waals surface area contributed by atoms with E-state index in [0.29, 0.717) is 23.9 Å². The van der Waals surface area contributed by atoms with Crippen LogP contribution < -0.4 is 4.74 Å². The van der Waals surface area contributed by atoms with Crippen molar-refractivity contribution in [3.63, 3.8) is 0 Å². The van der Waals surface area contributed by atoms with Crippen LogP contribution in [0, 0.1) is 6.92 Å². The second-order valence-electron chi connectivity index (χ2n) is 6.06. The molecule has 0 spiro atoms. The molecule has 0 aliphatic rings. The van der Waals surface area contributed by atoms with Gasteiger partial charge in [-0.1, -0.05) is 41.9 Å². The van der Waals surface area contributed by atoms with Crippen LogP contribution in [0.1, 0.15) is 24.5 Å². The van der Waals surface area contributed by atoms with Crippen LogP contribution in [0.15, 0.2) is 48.5 Å². The Balaban J connectivity index is 2.00. The van der Waals surface area contributed by atoms with Crippen molar-refractivity contribution in [3.05, 3.63) is 64.7 Å². The fourth-order valence-corrected chi connectivity index (χ4v) is 2.62. The van der Waals surface area contributed by atoms with E-state index < -0.39 is 0 Å². The zero-order valence-electron chi connectivity index (χ0n) is 15.6. The number of aryl methyl sites for hydroxylation is 1. The van der Waals surface area contributed by atoms with Crippen molar-refractivity contribution in [2.75, 3.05) is 19.8 Å². The SMILES string of the molecule is CCOC(=O)CCN(Cc1ccccc1)C(=O)COc1ccc(Cl)c(C)c1. The van der Waals surface area contributed by atoms with Crippen molar-refractivity contribution in [1.82, 2.24) is 4.90 Å². The van der Waals surface area contributed by atoms with Gasteiger partial charge in [0.25, 0.3) is 5.91 Å². The number of benzene rings is 2. The molecule has 0 aromatic heterocycles. The lowest BCUT2D eigenvalue weighted by atomic mass is 10.2. The molecule has 0 heterocycles. The lowest BCUT2D eigenvalue weighted by Gasteiger charge is -2.22. The van der Waals surface area contributed by atoms with Crippen LogP contribution in [0.5, 0.6) is 5.75 Å². The van der Waals surface area contributed by atoms with Crippen molar-refractivity contribution < 1.29 is 19.1 Å². The Bertz CT molecular complexity index is 764. The summed E-state index contributed by atoms with van der Waals surface area (Å²) in [7, 11) is 0. The Morgan fingerprint density at radius 3 is 2.52 bits per heavy atom. The molecule has 144 valence electrons. The molecule has 0 saturated carbocycles. The van der Waals surface area contributed by atoms with Gasteiger partial charge in [-0.15, -0.1) is 0 Å². The Morgan fingerprint density at radius 2 is 1.85 bits per heavy atom. The van der Waals surface area contributed by atoms with Crippen molar-refractivity contribution in [2.45, 2.75) is 26.8 Å². The molecule has 5 nitrogen and oxygen atoms in total. The largest absolute Gasteiger partial charge is 0.484 e. The van der Waals surface area contributed by atoms with Crippen molar-refractivity contribution in [2.24, 2.45) is 0 Å². The van der Waals surface area contributed by atoms with Gasteiger partial charge < -0.3 is 14.4 Å². The number of hydrogen-bond donors (Lipinski definition) is 0. The van der Waals surface area contributed by atoms with Gasteiger partial charge in [-0.3, -0.25) is 9.59 Å². The highest BCUT2D eigenvalue weighted by molar-refractivity contribution is 6.31. The minimum atomic E-state index is -0.322. The summed E-state index contributed by atoms with van der Waals surface area (Å²) < 4.78 is 10.6. The second kappa shape index (κ2) is 10.6. The summed E-state index contributed by atoms with van der Waals surface area (Å²) in [6, 6.07) is 14.9. The van der Waals surface area contributed by atoms with E-state index in [0.717, 1.165) is 11.1 Å². The first kappa shape index (κ1) is 20.8. The maximum Gasteiger partial charge on any atom is 0.307 e. The molecular formula is C21H24ClNO4. The van der Waals surface area contributed by atoms with Gasteiger partial charge in [-0.2, -0.15) is 0 Å². The lowest BCUT2D eigenvalue weighted by molar-refractivity contribution is -0.144. The number of rotatable bonds is 9. The van der Waals surface area contributed by atoms with Crippen molar-refractivity contribution >= 4 is 23.5 Å². The molecule has 0 N–H and O–H groups in total. The third kappa shape index (κ3) is 6.94. The standard InChI is InChI=1S/C21H24ClNO4/c1-3-26-21(25)11-12-23(14-17-7-5-4-6-8-17)20(24)15-27-18-9-10-19(22)16(2)13-18/h4-10,13H,3,11-12,14-15H2,1-2H3. The van der Waals surface area contributed by atoms with Crippen molar-refractivity contribution in [1.29, 1.82) is 0 Å². The molecule has 0 saturated heterocycles. The molecular weight excluding hydrogens is 366 g/mol. The fourth-order valence-electron chi connectivity index (χ4n) is 2.50. The highest BCUT2D eigenvalue weighted by Gasteiger charge is 2.17. The van der Waals surface area contributed by atoms with E-state index in [-0.39, 0.29) is 31.4 Å². The van der Waals surface area contributed by atoms with E-state index in [1.54, 1.807) is 30.0 Å². The number of carbonyl (C=O) groups excluding carboxylic acids is 2. The summed E-state index contributed by atoms with van der Waals surface area (Å²) in [5.41, 5.74) is 1.86. The van der Waals surface area contributed by atoms with Crippen molar-refractivity contribution in [3.8, 4) is 5.75 Å². The molecule has 27 heavy (non-hydrogen) atoms. The highest BCUT2D eigenvalue weighted by atomic mass is 35.5. The first-order valence-corrected chi connectivity index (χ1v) is 9.23. The summed E-state index contributed by atoms with van der Waals surface area (Å²) in [5.74, 6) is 0.0589. The zero-order valence-corrected chi connectivity index (χ0v) is 16.4. The maximum absolute atomic E-state index is 12.7. The molecule has 0 atom stereocenters.